The standard InChI is InChI=1S/C10H23NO2/c1-8(11)9(2)13-7-6-10(3,4)12-5/h8-9H,6-7,11H2,1-5H3/t8-,9?/m1/s1. The molecular formula is C10H23NO2. The Kier molecular flexibility index (Phi) is 5.53. The van der Waals surface area contributed by atoms with Gasteiger partial charge in [-0.3, -0.25) is 0 Å². The summed E-state index contributed by atoms with van der Waals surface area (Å²) in [6.07, 6.45) is 1.01. The fourth-order valence-electron chi connectivity index (χ4n) is 0.744. The summed E-state index contributed by atoms with van der Waals surface area (Å²) in [6.45, 7) is 8.74. The molecular weight excluding hydrogens is 166 g/mol. The normalized spacial score (nSPS) is 17.1. The molecule has 1 unspecified atom stereocenters. The zero-order valence-electron chi connectivity index (χ0n) is 9.46. The fourth-order valence-corrected chi connectivity index (χ4v) is 0.744. The first-order valence-electron chi connectivity index (χ1n) is 4.81. The Morgan fingerprint density at radius 3 is 2.23 bits per heavy atom. The van der Waals surface area contributed by atoms with Gasteiger partial charge in [-0.25, -0.2) is 0 Å². The second-order valence-electron chi connectivity index (χ2n) is 4.15. The summed E-state index contributed by atoms with van der Waals surface area (Å²) < 4.78 is 10.8. The highest BCUT2D eigenvalue weighted by atomic mass is 16.5. The second kappa shape index (κ2) is 5.58. The van der Waals surface area contributed by atoms with Crippen LogP contribution in [0.2, 0.25) is 0 Å². The van der Waals surface area contributed by atoms with Crippen LogP contribution in [0.5, 0.6) is 0 Å². The lowest BCUT2D eigenvalue weighted by molar-refractivity contribution is -0.0267. The van der Waals surface area contributed by atoms with Gasteiger partial charge in [0.15, 0.2) is 0 Å². The highest BCUT2D eigenvalue weighted by molar-refractivity contribution is 4.68. The lowest BCUT2D eigenvalue weighted by Gasteiger charge is -2.24. The van der Waals surface area contributed by atoms with E-state index < -0.39 is 0 Å². The number of nitrogens with two attached hydrogens (primary N) is 1. The van der Waals surface area contributed by atoms with Crippen molar-refractivity contribution in [2.24, 2.45) is 5.73 Å². The van der Waals surface area contributed by atoms with Crippen LogP contribution in [0, 0.1) is 0 Å². The van der Waals surface area contributed by atoms with Gasteiger partial charge < -0.3 is 15.2 Å². The number of methoxy groups -OCH3 is 1. The van der Waals surface area contributed by atoms with Crippen molar-refractivity contribution >= 4 is 0 Å². The van der Waals surface area contributed by atoms with E-state index in [1.54, 1.807) is 7.11 Å². The molecule has 0 aromatic rings. The Balaban J connectivity index is 3.56. The second-order valence-corrected chi connectivity index (χ2v) is 4.15. The highest BCUT2D eigenvalue weighted by Gasteiger charge is 2.17. The van der Waals surface area contributed by atoms with Gasteiger partial charge in [0.1, 0.15) is 0 Å². The molecule has 0 spiro atoms. The Bertz CT molecular complexity index is 135. The quantitative estimate of drug-likeness (QED) is 0.689. The third-order valence-electron chi connectivity index (χ3n) is 2.38. The van der Waals surface area contributed by atoms with Gasteiger partial charge in [-0.05, 0) is 34.1 Å². The molecule has 0 fully saturated rings. The summed E-state index contributed by atoms with van der Waals surface area (Å²) in [5, 5.41) is 0. The van der Waals surface area contributed by atoms with Gasteiger partial charge in [0.2, 0.25) is 0 Å². The van der Waals surface area contributed by atoms with Crippen molar-refractivity contribution in [2.45, 2.75) is 51.9 Å². The molecule has 0 bridgehead atoms. The molecule has 0 aliphatic rings. The summed E-state index contributed by atoms with van der Waals surface area (Å²) in [5.41, 5.74) is 5.56. The van der Waals surface area contributed by atoms with E-state index in [1.165, 1.54) is 0 Å². The SMILES string of the molecule is COC(C)(C)CCOC(C)[C@@H](C)N. The molecule has 3 heteroatoms. The van der Waals surface area contributed by atoms with Gasteiger partial charge in [-0.1, -0.05) is 0 Å². The molecule has 0 saturated carbocycles. The topological polar surface area (TPSA) is 44.5 Å². The van der Waals surface area contributed by atoms with Gasteiger partial charge >= 0.3 is 0 Å². The zero-order valence-corrected chi connectivity index (χ0v) is 9.46. The van der Waals surface area contributed by atoms with E-state index in [-0.39, 0.29) is 17.7 Å². The van der Waals surface area contributed by atoms with Crippen LogP contribution in [0.4, 0.5) is 0 Å². The maximum absolute atomic E-state index is 5.66. The average Bonchev–Trinajstić information content (AvgIpc) is 2.04. The maximum Gasteiger partial charge on any atom is 0.0695 e. The van der Waals surface area contributed by atoms with Crippen LogP contribution in [0.3, 0.4) is 0 Å². The van der Waals surface area contributed by atoms with Gasteiger partial charge in [-0.15, -0.1) is 0 Å². The Labute approximate surface area is 81.6 Å². The molecule has 0 aromatic heterocycles. The van der Waals surface area contributed by atoms with Crippen molar-refractivity contribution in [2.75, 3.05) is 13.7 Å². The van der Waals surface area contributed by atoms with Crippen molar-refractivity contribution in [3.8, 4) is 0 Å². The summed E-state index contributed by atoms with van der Waals surface area (Å²) in [5.74, 6) is 0. The fraction of sp³-hybridized carbons (Fsp3) is 1.00. The van der Waals surface area contributed by atoms with Crippen LogP contribution < -0.4 is 5.73 Å². The van der Waals surface area contributed by atoms with Crippen LogP contribution in [0.1, 0.15) is 34.1 Å². The van der Waals surface area contributed by atoms with Crippen LogP contribution >= 0.6 is 0 Å². The molecule has 13 heavy (non-hydrogen) atoms. The Hall–Kier alpha value is -0.120. The molecule has 0 aliphatic carbocycles. The predicted molar refractivity (Wildman–Crippen MR) is 54.8 cm³/mol. The van der Waals surface area contributed by atoms with Crippen LogP contribution in [-0.4, -0.2) is 31.5 Å². The highest BCUT2D eigenvalue weighted by Crippen LogP contribution is 2.13. The van der Waals surface area contributed by atoms with Gasteiger partial charge in [0.25, 0.3) is 0 Å². The molecule has 0 aliphatic heterocycles. The van der Waals surface area contributed by atoms with Crippen LogP contribution in [0.15, 0.2) is 0 Å². The minimum absolute atomic E-state index is 0.0886. The molecule has 0 radical (unpaired) electrons. The van der Waals surface area contributed by atoms with E-state index in [2.05, 4.69) is 0 Å². The molecule has 0 heterocycles. The third kappa shape index (κ3) is 6.02. The predicted octanol–water partition coefficient (Wildman–Crippen LogP) is 1.55. The maximum atomic E-state index is 5.66. The Morgan fingerprint density at radius 2 is 1.85 bits per heavy atom. The van der Waals surface area contributed by atoms with Gasteiger partial charge in [-0.2, -0.15) is 0 Å². The van der Waals surface area contributed by atoms with Gasteiger partial charge in [0, 0.05) is 19.8 Å². The monoisotopic (exact) mass is 189 g/mol. The lowest BCUT2D eigenvalue weighted by atomic mass is 10.1. The molecule has 3 nitrogen and oxygen atoms in total. The van der Waals surface area contributed by atoms with Gasteiger partial charge in [0.05, 0.1) is 11.7 Å². The van der Waals surface area contributed by atoms with E-state index in [9.17, 15) is 0 Å². The molecule has 0 aromatic carbocycles. The average molecular weight is 189 g/mol. The smallest absolute Gasteiger partial charge is 0.0695 e. The van der Waals surface area contributed by atoms with Crippen molar-refractivity contribution in [3.05, 3.63) is 0 Å². The van der Waals surface area contributed by atoms with E-state index in [0.29, 0.717) is 6.61 Å². The van der Waals surface area contributed by atoms with E-state index in [4.69, 9.17) is 15.2 Å². The molecule has 0 rings (SSSR count). The van der Waals surface area contributed by atoms with Crippen molar-refractivity contribution in [1.82, 2.24) is 0 Å². The number of ether oxygens (including phenoxy) is 2. The minimum Gasteiger partial charge on any atom is -0.379 e. The van der Waals surface area contributed by atoms with E-state index >= 15 is 0 Å². The minimum atomic E-state index is -0.0996. The lowest BCUT2D eigenvalue weighted by Crippen LogP contribution is -2.33. The first kappa shape index (κ1) is 12.9. The molecule has 2 N–H and O–H groups in total. The molecule has 2 atom stereocenters. The van der Waals surface area contributed by atoms with Crippen molar-refractivity contribution in [1.29, 1.82) is 0 Å². The largest absolute Gasteiger partial charge is 0.379 e. The number of hydrogen-bond donors (Lipinski definition) is 1. The van der Waals surface area contributed by atoms with E-state index in [0.717, 1.165) is 6.42 Å². The third-order valence-corrected chi connectivity index (χ3v) is 2.38. The summed E-state index contributed by atoms with van der Waals surface area (Å²) in [6, 6.07) is 0.0886. The molecule has 80 valence electrons. The number of hydrogen-bond acceptors (Lipinski definition) is 3. The Morgan fingerprint density at radius 1 is 1.31 bits per heavy atom. The molecule has 0 amide bonds. The first-order chi connectivity index (χ1) is 5.89. The summed E-state index contributed by atoms with van der Waals surface area (Å²) >= 11 is 0. The van der Waals surface area contributed by atoms with Crippen molar-refractivity contribution in [3.63, 3.8) is 0 Å². The summed E-state index contributed by atoms with van der Waals surface area (Å²) in [4.78, 5) is 0. The number of rotatable bonds is 6. The first-order valence-corrected chi connectivity index (χ1v) is 4.81. The van der Waals surface area contributed by atoms with Crippen LogP contribution in [-0.2, 0) is 9.47 Å². The zero-order chi connectivity index (χ0) is 10.5. The van der Waals surface area contributed by atoms with Crippen molar-refractivity contribution < 1.29 is 9.47 Å². The summed E-state index contributed by atoms with van der Waals surface area (Å²) in [7, 11) is 1.72. The van der Waals surface area contributed by atoms with Crippen LogP contribution in [0.25, 0.3) is 0 Å². The van der Waals surface area contributed by atoms with E-state index in [1.807, 2.05) is 27.7 Å². The molecule has 0 saturated heterocycles.